The summed E-state index contributed by atoms with van der Waals surface area (Å²) < 4.78 is 64.6. The molecule has 0 saturated heterocycles. The molecule has 0 amide bonds. The molecule has 0 atom stereocenters. The van der Waals surface area contributed by atoms with E-state index in [0.717, 1.165) is 6.07 Å². The van der Waals surface area contributed by atoms with Crippen LogP contribution in [0, 0.1) is 22.5 Å². The third kappa shape index (κ3) is 1.80. The molecule has 1 N–H and O–H groups in total. The Kier molecular flexibility index (Phi) is 2.78. The Bertz CT molecular complexity index is 549. The normalized spacial score (nSPS) is 31.5. The van der Waals surface area contributed by atoms with Crippen LogP contribution in [0.2, 0.25) is 5.02 Å². The largest absolute Gasteiger partial charge is 0.394 e. The number of halogens is 6. The maximum Gasteiger partial charge on any atom is 0.394 e. The average Bonchev–Trinajstić information content (AvgIpc) is 2.23. The Labute approximate surface area is 117 Å². The van der Waals surface area contributed by atoms with Gasteiger partial charge in [0.2, 0.25) is 0 Å². The Morgan fingerprint density at radius 1 is 1.15 bits per heavy atom. The Morgan fingerprint density at radius 2 is 1.75 bits per heavy atom. The molecule has 1 aromatic carbocycles. The van der Waals surface area contributed by atoms with Crippen molar-refractivity contribution in [2.75, 3.05) is 11.9 Å². The second-order valence-corrected chi connectivity index (χ2v) is 6.26. The monoisotopic (exact) mass is 311 g/mol. The van der Waals surface area contributed by atoms with Gasteiger partial charge in [-0.2, -0.15) is 13.2 Å². The van der Waals surface area contributed by atoms with Crippen LogP contribution in [0.3, 0.4) is 0 Å². The first kappa shape index (κ1) is 13.9. The first-order valence-corrected chi connectivity index (χ1v) is 6.50. The zero-order valence-electron chi connectivity index (χ0n) is 10.3. The molecule has 3 aliphatic carbocycles. The Morgan fingerprint density at radius 3 is 2.30 bits per heavy atom. The highest BCUT2D eigenvalue weighted by Crippen LogP contribution is 2.78. The van der Waals surface area contributed by atoms with Crippen molar-refractivity contribution in [2.24, 2.45) is 10.8 Å². The van der Waals surface area contributed by atoms with Crippen LogP contribution in [0.4, 0.5) is 27.6 Å². The van der Waals surface area contributed by atoms with Crippen LogP contribution >= 0.6 is 11.6 Å². The van der Waals surface area contributed by atoms with Crippen molar-refractivity contribution >= 4 is 17.3 Å². The first-order chi connectivity index (χ1) is 9.18. The lowest BCUT2D eigenvalue weighted by Gasteiger charge is -2.70. The molecule has 7 heteroatoms. The molecule has 1 nitrogen and oxygen atoms in total. The van der Waals surface area contributed by atoms with Gasteiger partial charge >= 0.3 is 6.18 Å². The Balaban J connectivity index is 1.63. The molecule has 0 aliphatic heterocycles. The van der Waals surface area contributed by atoms with E-state index in [1.54, 1.807) is 0 Å². The number of anilines is 1. The van der Waals surface area contributed by atoms with Crippen LogP contribution < -0.4 is 5.32 Å². The summed E-state index contributed by atoms with van der Waals surface area (Å²) in [6.07, 6.45) is -3.92. The van der Waals surface area contributed by atoms with E-state index < -0.39 is 33.7 Å². The SMILES string of the molecule is Fc1ccc(NCC23CC(C(F)(F)F)(C2)C3)c(F)c1Cl. The fourth-order valence-electron chi connectivity index (χ4n) is 3.43. The van der Waals surface area contributed by atoms with Crippen LogP contribution in [0.5, 0.6) is 0 Å². The van der Waals surface area contributed by atoms with Crippen LogP contribution in [-0.2, 0) is 0 Å². The molecule has 110 valence electrons. The molecule has 20 heavy (non-hydrogen) atoms. The van der Waals surface area contributed by atoms with Gasteiger partial charge in [0.1, 0.15) is 10.8 Å². The van der Waals surface area contributed by atoms with Gasteiger partial charge in [-0.05, 0) is 36.8 Å². The van der Waals surface area contributed by atoms with E-state index in [0.29, 0.717) is 0 Å². The van der Waals surface area contributed by atoms with Crippen LogP contribution in [0.25, 0.3) is 0 Å². The van der Waals surface area contributed by atoms with Crippen molar-refractivity contribution < 1.29 is 22.0 Å². The molecule has 0 radical (unpaired) electrons. The molecular formula is C13H11ClF5N. The minimum atomic E-state index is -4.15. The zero-order chi connectivity index (χ0) is 14.8. The quantitative estimate of drug-likeness (QED) is 0.627. The summed E-state index contributed by atoms with van der Waals surface area (Å²) in [6, 6.07) is 2.22. The van der Waals surface area contributed by atoms with E-state index in [4.69, 9.17) is 11.6 Å². The molecule has 0 aromatic heterocycles. The van der Waals surface area contributed by atoms with E-state index in [-0.39, 0.29) is 31.5 Å². The lowest BCUT2D eigenvalue weighted by Crippen LogP contribution is -2.70. The summed E-state index contributed by atoms with van der Waals surface area (Å²) in [7, 11) is 0. The molecular weight excluding hydrogens is 301 g/mol. The third-order valence-electron chi connectivity index (χ3n) is 4.43. The fourth-order valence-corrected chi connectivity index (χ4v) is 3.60. The maximum absolute atomic E-state index is 13.6. The highest BCUT2D eigenvalue weighted by Gasteiger charge is 2.77. The molecule has 3 aliphatic rings. The molecule has 2 bridgehead atoms. The molecule has 1 aromatic rings. The smallest absolute Gasteiger partial charge is 0.382 e. The molecule has 3 fully saturated rings. The second-order valence-electron chi connectivity index (χ2n) is 5.88. The minimum absolute atomic E-state index is 0.0159. The third-order valence-corrected chi connectivity index (χ3v) is 4.78. The van der Waals surface area contributed by atoms with E-state index in [1.165, 1.54) is 6.07 Å². The summed E-state index contributed by atoms with van der Waals surface area (Å²) in [5.74, 6) is -1.78. The second kappa shape index (κ2) is 4.00. The molecule has 0 heterocycles. The van der Waals surface area contributed by atoms with Crippen molar-refractivity contribution in [2.45, 2.75) is 25.4 Å². The fraction of sp³-hybridized carbons (Fsp3) is 0.538. The summed E-state index contributed by atoms with van der Waals surface area (Å²) >= 11 is 5.43. The van der Waals surface area contributed by atoms with Crippen molar-refractivity contribution in [3.63, 3.8) is 0 Å². The number of benzene rings is 1. The molecule has 3 saturated carbocycles. The van der Waals surface area contributed by atoms with E-state index in [1.807, 2.05) is 0 Å². The number of alkyl halides is 3. The number of rotatable bonds is 3. The maximum atomic E-state index is 13.6. The summed E-state index contributed by atoms with van der Waals surface area (Å²) in [6.45, 7) is 0.240. The van der Waals surface area contributed by atoms with Crippen LogP contribution in [-0.4, -0.2) is 12.7 Å². The number of hydrogen-bond donors (Lipinski definition) is 1. The van der Waals surface area contributed by atoms with Crippen LogP contribution in [0.1, 0.15) is 19.3 Å². The zero-order valence-corrected chi connectivity index (χ0v) is 11.0. The van der Waals surface area contributed by atoms with E-state index >= 15 is 0 Å². The molecule has 0 unspecified atom stereocenters. The summed E-state index contributed by atoms with van der Waals surface area (Å²) in [5, 5.41) is 2.12. The summed E-state index contributed by atoms with van der Waals surface area (Å²) in [4.78, 5) is 0. The van der Waals surface area contributed by atoms with Gasteiger partial charge in [0.15, 0.2) is 5.82 Å². The van der Waals surface area contributed by atoms with Crippen molar-refractivity contribution in [1.29, 1.82) is 0 Å². The van der Waals surface area contributed by atoms with Gasteiger partial charge in [-0.3, -0.25) is 0 Å². The van der Waals surface area contributed by atoms with E-state index in [2.05, 4.69) is 5.32 Å². The number of nitrogens with one attached hydrogen (secondary N) is 1. The van der Waals surface area contributed by atoms with Gasteiger partial charge < -0.3 is 5.32 Å². The minimum Gasteiger partial charge on any atom is -0.382 e. The highest BCUT2D eigenvalue weighted by atomic mass is 35.5. The van der Waals surface area contributed by atoms with Gasteiger partial charge in [0.25, 0.3) is 0 Å². The van der Waals surface area contributed by atoms with Gasteiger partial charge in [-0.15, -0.1) is 0 Å². The van der Waals surface area contributed by atoms with Gasteiger partial charge in [-0.25, -0.2) is 8.78 Å². The molecule has 4 rings (SSSR count). The van der Waals surface area contributed by atoms with Crippen LogP contribution in [0.15, 0.2) is 12.1 Å². The predicted octanol–water partition coefficient (Wildman–Crippen LogP) is 4.76. The van der Waals surface area contributed by atoms with Crippen molar-refractivity contribution in [3.05, 3.63) is 28.8 Å². The first-order valence-electron chi connectivity index (χ1n) is 6.12. The van der Waals surface area contributed by atoms with Gasteiger partial charge in [0, 0.05) is 6.54 Å². The van der Waals surface area contributed by atoms with Gasteiger partial charge in [-0.1, -0.05) is 11.6 Å². The highest BCUT2D eigenvalue weighted by molar-refractivity contribution is 6.31. The number of hydrogen-bond acceptors (Lipinski definition) is 1. The van der Waals surface area contributed by atoms with Crippen molar-refractivity contribution in [3.8, 4) is 0 Å². The van der Waals surface area contributed by atoms with Gasteiger partial charge in [0.05, 0.1) is 11.1 Å². The lowest BCUT2D eigenvalue weighted by molar-refractivity contribution is -0.359. The van der Waals surface area contributed by atoms with E-state index in [9.17, 15) is 22.0 Å². The molecule has 0 spiro atoms. The average molecular weight is 312 g/mol. The standard InChI is InChI=1S/C13H11ClF5N/c14-9-7(15)1-2-8(10(9)16)20-6-11-3-12(4-11,5-11)13(17,18)19/h1-2,20H,3-6H2. The topological polar surface area (TPSA) is 12.0 Å². The lowest BCUT2D eigenvalue weighted by atomic mass is 9.35. The van der Waals surface area contributed by atoms with Crippen molar-refractivity contribution in [1.82, 2.24) is 0 Å². The Hall–Kier alpha value is -1.04. The predicted molar refractivity (Wildman–Crippen MR) is 64.6 cm³/mol. The summed E-state index contributed by atoms with van der Waals surface area (Å²) in [5.41, 5.74) is -1.92.